The summed E-state index contributed by atoms with van der Waals surface area (Å²) in [5, 5.41) is 0. The number of epoxide rings is 1. The Bertz CT molecular complexity index is 533. The summed E-state index contributed by atoms with van der Waals surface area (Å²) >= 11 is 0. The molecule has 0 N–H and O–H groups in total. The highest BCUT2D eigenvalue weighted by molar-refractivity contribution is 7.91. The van der Waals surface area contributed by atoms with Crippen LogP contribution in [0.15, 0.2) is 23.1 Å². The zero-order chi connectivity index (χ0) is 11.9. The van der Waals surface area contributed by atoms with Gasteiger partial charge in [0.25, 0.3) is 0 Å². The van der Waals surface area contributed by atoms with Crippen LogP contribution in [0.5, 0.6) is 11.5 Å². The van der Waals surface area contributed by atoms with Crippen LogP contribution in [0.3, 0.4) is 0 Å². The number of benzene rings is 1. The highest BCUT2D eigenvalue weighted by Gasteiger charge is 2.31. The summed E-state index contributed by atoms with van der Waals surface area (Å²) in [6.45, 7) is 1.47. The molecule has 5 nitrogen and oxygen atoms in total. The van der Waals surface area contributed by atoms with Crippen LogP contribution in [-0.4, -0.2) is 40.1 Å². The van der Waals surface area contributed by atoms with E-state index in [-0.39, 0.29) is 16.8 Å². The monoisotopic (exact) mass is 256 g/mol. The van der Waals surface area contributed by atoms with Crippen LogP contribution in [-0.2, 0) is 14.6 Å². The van der Waals surface area contributed by atoms with Gasteiger partial charge in [-0.1, -0.05) is 0 Å². The molecule has 0 saturated carbocycles. The molecule has 0 radical (unpaired) electrons. The van der Waals surface area contributed by atoms with Crippen molar-refractivity contribution < 1.29 is 22.6 Å². The van der Waals surface area contributed by atoms with E-state index >= 15 is 0 Å². The fraction of sp³-hybridized carbons (Fsp3) is 0.455. The van der Waals surface area contributed by atoms with Crippen molar-refractivity contribution in [1.29, 1.82) is 0 Å². The Hall–Kier alpha value is -1.27. The molecule has 17 heavy (non-hydrogen) atoms. The van der Waals surface area contributed by atoms with E-state index in [2.05, 4.69) is 0 Å². The maximum atomic E-state index is 12.0. The van der Waals surface area contributed by atoms with E-state index in [4.69, 9.17) is 14.2 Å². The lowest BCUT2D eigenvalue weighted by atomic mass is 10.3. The molecule has 1 saturated heterocycles. The topological polar surface area (TPSA) is 65.1 Å². The number of hydrogen-bond donors (Lipinski definition) is 0. The molecule has 1 unspecified atom stereocenters. The minimum absolute atomic E-state index is 0.0344. The van der Waals surface area contributed by atoms with Gasteiger partial charge in [-0.25, -0.2) is 8.42 Å². The lowest BCUT2D eigenvalue weighted by molar-refractivity contribution is 0.171. The number of rotatable bonds is 3. The number of sulfone groups is 1. The lowest BCUT2D eigenvalue weighted by Crippen LogP contribution is -2.17. The third-order valence-corrected chi connectivity index (χ3v) is 4.46. The van der Waals surface area contributed by atoms with Crippen molar-refractivity contribution in [3.8, 4) is 11.5 Å². The van der Waals surface area contributed by atoms with Gasteiger partial charge in [-0.2, -0.15) is 0 Å². The van der Waals surface area contributed by atoms with Crippen molar-refractivity contribution in [3.05, 3.63) is 18.2 Å². The van der Waals surface area contributed by atoms with Gasteiger partial charge in [0.15, 0.2) is 21.3 Å². The Labute approximate surface area is 99.2 Å². The SMILES string of the molecule is O=S(=O)(CC1CO1)c1ccc2c(c1)OCCO2. The first-order valence-corrected chi connectivity index (χ1v) is 7.04. The van der Waals surface area contributed by atoms with Gasteiger partial charge >= 0.3 is 0 Å². The average molecular weight is 256 g/mol. The molecule has 0 spiro atoms. The average Bonchev–Trinajstić information content (AvgIpc) is 3.11. The number of ether oxygens (including phenoxy) is 3. The van der Waals surface area contributed by atoms with Gasteiger partial charge in [-0.15, -0.1) is 0 Å². The molecule has 2 heterocycles. The molecule has 2 aliphatic heterocycles. The van der Waals surface area contributed by atoms with E-state index in [1.54, 1.807) is 12.1 Å². The Morgan fingerprint density at radius 2 is 1.88 bits per heavy atom. The first-order chi connectivity index (χ1) is 8.15. The van der Waals surface area contributed by atoms with Crippen LogP contribution in [0.25, 0.3) is 0 Å². The molecule has 1 aromatic rings. The maximum absolute atomic E-state index is 12.0. The van der Waals surface area contributed by atoms with Gasteiger partial charge < -0.3 is 14.2 Å². The van der Waals surface area contributed by atoms with E-state index in [9.17, 15) is 8.42 Å². The van der Waals surface area contributed by atoms with Crippen molar-refractivity contribution in [1.82, 2.24) is 0 Å². The Balaban J connectivity index is 1.92. The first kappa shape index (κ1) is 10.9. The van der Waals surface area contributed by atoms with E-state index in [1.807, 2.05) is 0 Å². The normalized spacial score (nSPS) is 22.2. The predicted molar refractivity (Wildman–Crippen MR) is 59.2 cm³/mol. The van der Waals surface area contributed by atoms with Crippen LogP contribution < -0.4 is 9.47 Å². The number of fused-ring (bicyclic) bond motifs is 1. The first-order valence-electron chi connectivity index (χ1n) is 5.39. The molecule has 0 amide bonds. The fourth-order valence-corrected chi connectivity index (χ4v) is 3.16. The van der Waals surface area contributed by atoms with Gasteiger partial charge in [0.05, 0.1) is 23.4 Å². The van der Waals surface area contributed by atoms with E-state index < -0.39 is 9.84 Å². The van der Waals surface area contributed by atoms with Crippen molar-refractivity contribution in [2.24, 2.45) is 0 Å². The van der Waals surface area contributed by atoms with Gasteiger partial charge in [0.2, 0.25) is 0 Å². The zero-order valence-electron chi connectivity index (χ0n) is 9.09. The van der Waals surface area contributed by atoms with Crippen LogP contribution >= 0.6 is 0 Å². The van der Waals surface area contributed by atoms with Gasteiger partial charge in [-0.3, -0.25) is 0 Å². The zero-order valence-corrected chi connectivity index (χ0v) is 9.90. The molecule has 92 valence electrons. The summed E-state index contributed by atoms with van der Waals surface area (Å²) in [4.78, 5) is 0.261. The Morgan fingerprint density at radius 3 is 2.59 bits per heavy atom. The molecule has 1 atom stereocenters. The second-order valence-corrected chi connectivity index (χ2v) is 6.08. The van der Waals surface area contributed by atoms with Gasteiger partial charge in [0.1, 0.15) is 13.2 Å². The van der Waals surface area contributed by atoms with Crippen LogP contribution in [0, 0.1) is 0 Å². The molecular weight excluding hydrogens is 244 g/mol. The van der Waals surface area contributed by atoms with Gasteiger partial charge in [0, 0.05) is 6.07 Å². The summed E-state index contributed by atoms with van der Waals surface area (Å²) in [6, 6.07) is 4.70. The Morgan fingerprint density at radius 1 is 1.18 bits per heavy atom. The van der Waals surface area contributed by atoms with Crippen LogP contribution in [0.2, 0.25) is 0 Å². The molecular formula is C11H12O5S. The van der Waals surface area contributed by atoms with Crippen molar-refractivity contribution in [2.75, 3.05) is 25.6 Å². The highest BCUT2D eigenvalue weighted by Crippen LogP contribution is 2.33. The standard InChI is InChI=1S/C11H12O5S/c12-17(13,7-8-6-16-8)9-1-2-10-11(5-9)15-4-3-14-10/h1-2,5,8H,3-4,6-7H2. The third-order valence-electron chi connectivity index (χ3n) is 2.68. The highest BCUT2D eigenvalue weighted by atomic mass is 32.2. The van der Waals surface area contributed by atoms with E-state index in [0.717, 1.165) is 0 Å². The van der Waals surface area contributed by atoms with Crippen molar-refractivity contribution in [2.45, 2.75) is 11.0 Å². The Kier molecular flexibility index (Phi) is 2.48. The van der Waals surface area contributed by atoms with Gasteiger partial charge in [-0.05, 0) is 12.1 Å². The minimum Gasteiger partial charge on any atom is -0.486 e. The number of hydrogen-bond acceptors (Lipinski definition) is 5. The van der Waals surface area contributed by atoms with Crippen molar-refractivity contribution in [3.63, 3.8) is 0 Å². The summed E-state index contributed by atoms with van der Waals surface area (Å²) < 4.78 is 39.6. The van der Waals surface area contributed by atoms with E-state index in [0.29, 0.717) is 31.3 Å². The summed E-state index contributed by atoms with van der Waals surface area (Å²) in [7, 11) is -3.29. The predicted octanol–water partition coefficient (Wildman–Crippen LogP) is 0.630. The minimum atomic E-state index is -3.29. The summed E-state index contributed by atoms with van der Waals surface area (Å²) in [5.41, 5.74) is 0. The largest absolute Gasteiger partial charge is 0.486 e. The second kappa shape index (κ2) is 3.89. The molecule has 1 aromatic carbocycles. The maximum Gasteiger partial charge on any atom is 0.181 e. The molecule has 0 aliphatic carbocycles. The van der Waals surface area contributed by atoms with Crippen molar-refractivity contribution >= 4 is 9.84 Å². The molecule has 0 bridgehead atoms. The fourth-order valence-electron chi connectivity index (χ4n) is 1.72. The van der Waals surface area contributed by atoms with E-state index in [1.165, 1.54) is 6.07 Å². The molecule has 6 heteroatoms. The molecule has 2 aliphatic rings. The molecule has 3 rings (SSSR count). The molecule has 1 fully saturated rings. The quantitative estimate of drug-likeness (QED) is 0.742. The lowest BCUT2D eigenvalue weighted by Gasteiger charge is -2.18. The summed E-state index contributed by atoms with van der Waals surface area (Å²) in [6.07, 6.45) is -0.145. The molecule has 0 aromatic heterocycles. The summed E-state index contributed by atoms with van der Waals surface area (Å²) in [5.74, 6) is 1.12. The third kappa shape index (κ3) is 2.23. The second-order valence-electron chi connectivity index (χ2n) is 4.04. The smallest absolute Gasteiger partial charge is 0.181 e. The van der Waals surface area contributed by atoms with Crippen LogP contribution in [0.1, 0.15) is 0 Å². The van der Waals surface area contributed by atoms with Crippen LogP contribution in [0.4, 0.5) is 0 Å².